The maximum absolute atomic E-state index is 5.53. The molecule has 0 fully saturated rings. The number of aromatic nitrogens is 3. The Morgan fingerprint density at radius 2 is 0.652 bits per heavy atom. The molecule has 0 bridgehead atoms. The highest BCUT2D eigenvalue weighted by molar-refractivity contribution is 5.84. The van der Waals surface area contributed by atoms with E-state index >= 15 is 0 Å². The average Bonchev–Trinajstić information content (AvgIpc) is 3.09. The first-order chi connectivity index (χ1) is 22.4. The summed E-state index contributed by atoms with van der Waals surface area (Å²) in [4.78, 5) is 17.2. The van der Waals surface area contributed by atoms with E-state index in [4.69, 9.17) is 43.4 Å². The lowest BCUT2D eigenvalue weighted by Gasteiger charge is -2.22. The molecular formula is C36H36N4O6. The molecule has 0 amide bonds. The highest BCUT2D eigenvalue weighted by atomic mass is 16.5. The molecule has 3 aromatic carbocycles. The fourth-order valence-corrected chi connectivity index (χ4v) is 5.60. The minimum absolute atomic E-state index is 0.557. The molecule has 3 aromatic heterocycles. The molecule has 0 aliphatic rings. The molecule has 0 radical (unpaired) electrons. The van der Waals surface area contributed by atoms with Crippen molar-refractivity contribution in [2.75, 3.05) is 42.7 Å². The minimum atomic E-state index is 0.557. The van der Waals surface area contributed by atoms with E-state index in [9.17, 15) is 0 Å². The van der Waals surface area contributed by atoms with Crippen LogP contribution in [0.5, 0.6) is 34.5 Å². The predicted molar refractivity (Wildman–Crippen MR) is 177 cm³/mol. The number of ether oxygens (including phenoxy) is 6. The summed E-state index contributed by atoms with van der Waals surface area (Å²) >= 11 is 0. The van der Waals surface area contributed by atoms with Crippen LogP contribution in [0.2, 0.25) is 0 Å². The molecule has 0 unspecified atom stereocenters. The topological polar surface area (TPSA) is 97.3 Å². The number of fused-ring (bicyclic) bond motifs is 3. The number of benzene rings is 3. The van der Waals surface area contributed by atoms with Crippen molar-refractivity contribution in [2.45, 2.75) is 19.6 Å². The van der Waals surface area contributed by atoms with E-state index in [1.165, 1.54) is 0 Å². The van der Waals surface area contributed by atoms with Gasteiger partial charge in [-0.1, -0.05) is 18.2 Å². The van der Waals surface area contributed by atoms with Gasteiger partial charge in [-0.05, 0) is 36.4 Å². The summed E-state index contributed by atoms with van der Waals surface area (Å²) in [5.74, 6) is 3.90. The van der Waals surface area contributed by atoms with E-state index in [1.807, 2.05) is 54.6 Å². The Labute approximate surface area is 267 Å². The average molecular weight is 621 g/mol. The van der Waals surface area contributed by atoms with E-state index in [1.54, 1.807) is 42.7 Å². The molecule has 236 valence electrons. The quantitative estimate of drug-likeness (QED) is 0.149. The highest BCUT2D eigenvalue weighted by Gasteiger charge is 2.16. The first-order valence-corrected chi connectivity index (χ1v) is 14.7. The van der Waals surface area contributed by atoms with E-state index in [0.29, 0.717) is 54.1 Å². The molecule has 0 N–H and O–H groups in total. The second kappa shape index (κ2) is 13.3. The second-order valence-corrected chi connectivity index (χ2v) is 10.8. The molecule has 10 nitrogen and oxygen atoms in total. The third-order valence-electron chi connectivity index (χ3n) is 7.91. The lowest BCUT2D eigenvalue weighted by Crippen LogP contribution is -2.24. The number of rotatable bonds is 12. The van der Waals surface area contributed by atoms with Gasteiger partial charge in [0.2, 0.25) is 0 Å². The van der Waals surface area contributed by atoms with Crippen LogP contribution >= 0.6 is 0 Å². The first-order valence-electron chi connectivity index (χ1n) is 14.7. The van der Waals surface area contributed by atoms with Gasteiger partial charge in [0.25, 0.3) is 0 Å². The maximum atomic E-state index is 5.53. The molecule has 6 aromatic rings. The maximum Gasteiger partial charge on any atom is 0.162 e. The van der Waals surface area contributed by atoms with Crippen molar-refractivity contribution in [1.29, 1.82) is 0 Å². The predicted octanol–water partition coefficient (Wildman–Crippen LogP) is 6.59. The van der Waals surface area contributed by atoms with Crippen molar-refractivity contribution < 1.29 is 28.4 Å². The molecule has 0 spiro atoms. The van der Waals surface area contributed by atoms with Crippen molar-refractivity contribution in [3.05, 3.63) is 89.9 Å². The zero-order valence-electron chi connectivity index (χ0n) is 26.8. The molecule has 46 heavy (non-hydrogen) atoms. The zero-order valence-corrected chi connectivity index (χ0v) is 26.8. The van der Waals surface area contributed by atoms with Gasteiger partial charge in [-0.25, -0.2) is 0 Å². The summed E-state index contributed by atoms with van der Waals surface area (Å²) in [5.41, 5.74) is 5.18. The lowest BCUT2D eigenvalue weighted by molar-refractivity contribution is 0.239. The molecule has 3 heterocycles. The van der Waals surface area contributed by atoms with Crippen LogP contribution in [0.15, 0.2) is 72.8 Å². The standard InChI is InChI=1S/C36H36N4O6/c1-41-31-13-22-7-10-25(37-28(22)16-34(31)44-4)19-40(20-26-11-8-23-14-32(42-2)35(45-5)17-29(23)38-26)21-27-12-9-24-15-33(43-3)36(46-6)18-30(24)39-27/h7-18H,19-21H2,1-6H3. The van der Waals surface area contributed by atoms with Gasteiger partial charge in [0, 0.05) is 54.0 Å². The molecule has 0 aliphatic heterocycles. The van der Waals surface area contributed by atoms with Gasteiger partial charge in [-0.2, -0.15) is 0 Å². The molecule has 0 atom stereocenters. The van der Waals surface area contributed by atoms with Crippen LogP contribution < -0.4 is 28.4 Å². The van der Waals surface area contributed by atoms with Crippen molar-refractivity contribution >= 4 is 32.7 Å². The summed E-state index contributed by atoms with van der Waals surface area (Å²) in [7, 11) is 9.76. The van der Waals surface area contributed by atoms with Crippen LogP contribution in [-0.4, -0.2) is 62.5 Å². The largest absolute Gasteiger partial charge is 0.493 e. The third-order valence-corrected chi connectivity index (χ3v) is 7.91. The number of nitrogens with zero attached hydrogens (tertiary/aromatic N) is 4. The Bertz CT molecular complexity index is 1800. The third kappa shape index (κ3) is 6.25. The van der Waals surface area contributed by atoms with Gasteiger partial charge in [-0.15, -0.1) is 0 Å². The molecule has 0 saturated carbocycles. The first kappa shape index (κ1) is 30.7. The number of pyridine rings is 3. The Morgan fingerprint density at radius 1 is 0.391 bits per heavy atom. The monoisotopic (exact) mass is 620 g/mol. The van der Waals surface area contributed by atoms with Crippen LogP contribution in [0.3, 0.4) is 0 Å². The van der Waals surface area contributed by atoms with E-state index in [-0.39, 0.29) is 0 Å². The zero-order chi connectivity index (χ0) is 32.2. The summed E-state index contributed by atoms with van der Waals surface area (Å²) in [6.45, 7) is 1.67. The van der Waals surface area contributed by atoms with Crippen molar-refractivity contribution in [3.8, 4) is 34.5 Å². The van der Waals surface area contributed by atoms with Gasteiger partial charge < -0.3 is 28.4 Å². The smallest absolute Gasteiger partial charge is 0.162 e. The van der Waals surface area contributed by atoms with Crippen LogP contribution in [0.1, 0.15) is 17.1 Å². The molecule has 6 rings (SSSR count). The number of hydrogen-bond donors (Lipinski definition) is 0. The van der Waals surface area contributed by atoms with Gasteiger partial charge in [0.15, 0.2) is 34.5 Å². The molecule has 0 aliphatic carbocycles. The second-order valence-electron chi connectivity index (χ2n) is 10.8. The Morgan fingerprint density at radius 3 is 0.913 bits per heavy atom. The normalized spacial score (nSPS) is 11.3. The molecular weight excluding hydrogens is 584 g/mol. The highest BCUT2D eigenvalue weighted by Crippen LogP contribution is 2.34. The van der Waals surface area contributed by atoms with Crippen molar-refractivity contribution in [1.82, 2.24) is 19.9 Å². The summed E-state index contributed by atoms with van der Waals surface area (Å²) in [6.07, 6.45) is 0. The summed E-state index contributed by atoms with van der Waals surface area (Å²) in [6, 6.07) is 23.8. The Kier molecular flexibility index (Phi) is 8.89. The lowest BCUT2D eigenvalue weighted by atomic mass is 10.1. The van der Waals surface area contributed by atoms with Gasteiger partial charge in [0.1, 0.15) is 0 Å². The van der Waals surface area contributed by atoms with Crippen molar-refractivity contribution in [2.24, 2.45) is 0 Å². The minimum Gasteiger partial charge on any atom is -0.493 e. The summed E-state index contributed by atoms with van der Waals surface area (Å²) in [5, 5.41) is 2.90. The number of methoxy groups -OCH3 is 6. The van der Waals surface area contributed by atoms with E-state index in [0.717, 1.165) is 49.8 Å². The van der Waals surface area contributed by atoms with Crippen LogP contribution in [0.25, 0.3) is 32.7 Å². The molecule has 0 saturated heterocycles. The fourth-order valence-electron chi connectivity index (χ4n) is 5.60. The van der Waals surface area contributed by atoms with Crippen LogP contribution in [0.4, 0.5) is 0 Å². The van der Waals surface area contributed by atoms with Crippen molar-refractivity contribution in [3.63, 3.8) is 0 Å². The van der Waals surface area contributed by atoms with Gasteiger partial charge >= 0.3 is 0 Å². The molecule has 10 heteroatoms. The van der Waals surface area contributed by atoms with Gasteiger partial charge in [-0.3, -0.25) is 19.9 Å². The van der Waals surface area contributed by atoms with Crippen LogP contribution in [-0.2, 0) is 19.6 Å². The Hall–Kier alpha value is -5.35. The summed E-state index contributed by atoms with van der Waals surface area (Å²) < 4.78 is 33.0. The SMILES string of the molecule is COc1cc2ccc(CN(Cc3ccc4cc(OC)c(OC)cc4n3)Cc3ccc4cc(OC)c(OC)cc4n3)nc2cc1OC. The van der Waals surface area contributed by atoms with Crippen LogP contribution in [0, 0.1) is 0 Å². The number of hydrogen-bond acceptors (Lipinski definition) is 10. The fraction of sp³-hybridized carbons (Fsp3) is 0.250. The van der Waals surface area contributed by atoms with E-state index < -0.39 is 0 Å². The van der Waals surface area contributed by atoms with Gasteiger partial charge in [0.05, 0.1) is 76.3 Å². The Balaban J connectivity index is 1.36. The van der Waals surface area contributed by atoms with E-state index in [2.05, 4.69) is 23.1 Å².